The van der Waals surface area contributed by atoms with Crippen molar-refractivity contribution in [2.75, 3.05) is 0 Å². The Morgan fingerprint density at radius 1 is 1.00 bits per heavy atom. The van der Waals surface area contributed by atoms with Crippen LogP contribution in [0, 0.1) is 0 Å². The molecule has 1 aromatic heterocycles. The van der Waals surface area contributed by atoms with Gasteiger partial charge in [0.15, 0.2) is 0 Å². The molecule has 0 unspecified atom stereocenters. The van der Waals surface area contributed by atoms with Crippen molar-refractivity contribution >= 4 is 21.4 Å². The molecule has 0 aliphatic carbocycles. The maximum Gasteiger partial charge on any atom is 0.0342 e. The van der Waals surface area contributed by atoms with E-state index < -0.39 is 0 Å². The van der Waals surface area contributed by atoms with Gasteiger partial charge in [-0.1, -0.05) is 25.6 Å². The number of rotatable bonds is 0. The molecule has 52 valence electrons. The van der Waals surface area contributed by atoms with E-state index in [-0.39, 0.29) is 7.43 Å². The monoisotopic (exact) mass is 150 g/mol. The highest BCUT2D eigenvalue weighted by molar-refractivity contribution is 7.17. The van der Waals surface area contributed by atoms with Crippen LogP contribution in [0.2, 0.25) is 0 Å². The van der Waals surface area contributed by atoms with Gasteiger partial charge >= 0.3 is 0 Å². The van der Waals surface area contributed by atoms with E-state index in [0.717, 1.165) is 0 Å². The van der Waals surface area contributed by atoms with Crippen molar-refractivity contribution < 1.29 is 0 Å². The van der Waals surface area contributed by atoms with Crippen LogP contribution in [0.15, 0.2) is 35.7 Å². The van der Waals surface area contributed by atoms with Crippen molar-refractivity contribution in [3.05, 3.63) is 35.7 Å². The Labute approximate surface area is 65.1 Å². The Morgan fingerprint density at radius 2 is 1.80 bits per heavy atom. The minimum Gasteiger partial charge on any atom is -0.144 e. The summed E-state index contributed by atoms with van der Waals surface area (Å²) in [5.41, 5.74) is 0. The average molecular weight is 150 g/mol. The zero-order valence-electron chi connectivity index (χ0n) is 4.87. The first kappa shape index (κ1) is 7.29. The smallest absolute Gasteiger partial charge is 0.0342 e. The largest absolute Gasteiger partial charge is 0.144 e. The summed E-state index contributed by atoms with van der Waals surface area (Å²) in [6.45, 7) is 0. The van der Waals surface area contributed by atoms with Crippen LogP contribution in [0.1, 0.15) is 7.43 Å². The fourth-order valence-electron chi connectivity index (χ4n) is 0.906. The number of fused-ring (bicyclic) bond motifs is 1. The van der Waals surface area contributed by atoms with E-state index in [1.165, 1.54) is 10.1 Å². The Kier molecular flexibility index (Phi) is 2.07. The Bertz CT molecular complexity index is 279. The normalized spacial score (nSPS) is 9.20. The standard InChI is InChI=1S/C8H6S.CH4/c1-2-4-8-7(3-1)5-6-9-8;/h1-6H;1H4. The minimum absolute atomic E-state index is 0. The molecule has 1 heteroatoms. The zero-order chi connectivity index (χ0) is 6.10. The number of thiophene rings is 1. The van der Waals surface area contributed by atoms with Crippen LogP contribution in [-0.2, 0) is 0 Å². The lowest BCUT2D eigenvalue weighted by Gasteiger charge is -1.82. The highest BCUT2D eigenvalue weighted by Crippen LogP contribution is 2.18. The summed E-state index contributed by atoms with van der Waals surface area (Å²) < 4.78 is 1.37. The molecule has 0 saturated heterocycles. The third-order valence-electron chi connectivity index (χ3n) is 1.36. The molecule has 0 radical (unpaired) electrons. The molecule has 0 atom stereocenters. The van der Waals surface area contributed by atoms with E-state index in [0.29, 0.717) is 0 Å². The second-order valence-electron chi connectivity index (χ2n) is 1.96. The number of hydrogen-bond donors (Lipinski definition) is 0. The lowest BCUT2D eigenvalue weighted by Crippen LogP contribution is -1.56. The first-order valence-electron chi connectivity index (χ1n) is 2.89. The number of hydrogen-bond acceptors (Lipinski definition) is 1. The third kappa shape index (κ3) is 1.05. The summed E-state index contributed by atoms with van der Waals surface area (Å²) in [7, 11) is 0. The van der Waals surface area contributed by atoms with Gasteiger partial charge in [0.2, 0.25) is 0 Å². The van der Waals surface area contributed by atoms with Crippen molar-refractivity contribution in [2.45, 2.75) is 7.43 Å². The molecule has 0 spiro atoms. The molecular formula is C9H10S. The summed E-state index contributed by atoms with van der Waals surface area (Å²) in [5, 5.41) is 3.47. The van der Waals surface area contributed by atoms with E-state index in [1.807, 2.05) is 0 Å². The number of benzene rings is 1. The van der Waals surface area contributed by atoms with E-state index >= 15 is 0 Å². The first-order valence-corrected chi connectivity index (χ1v) is 3.77. The predicted molar refractivity (Wildman–Crippen MR) is 48.6 cm³/mol. The van der Waals surface area contributed by atoms with Gasteiger partial charge in [-0.05, 0) is 22.9 Å². The quantitative estimate of drug-likeness (QED) is 0.539. The van der Waals surface area contributed by atoms with Crippen LogP contribution >= 0.6 is 11.3 Å². The van der Waals surface area contributed by atoms with Gasteiger partial charge in [-0.25, -0.2) is 0 Å². The maximum atomic E-state index is 2.14. The van der Waals surface area contributed by atoms with Crippen molar-refractivity contribution in [1.82, 2.24) is 0 Å². The van der Waals surface area contributed by atoms with E-state index in [4.69, 9.17) is 0 Å². The van der Waals surface area contributed by atoms with Gasteiger partial charge in [0.25, 0.3) is 0 Å². The van der Waals surface area contributed by atoms with Gasteiger partial charge < -0.3 is 0 Å². The second-order valence-corrected chi connectivity index (χ2v) is 2.91. The molecule has 0 nitrogen and oxygen atoms in total. The Morgan fingerprint density at radius 3 is 2.60 bits per heavy atom. The fourth-order valence-corrected chi connectivity index (χ4v) is 1.70. The minimum atomic E-state index is 0. The zero-order valence-corrected chi connectivity index (χ0v) is 5.69. The van der Waals surface area contributed by atoms with E-state index in [9.17, 15) is 0 Å². The van der Waals surface area contributed by atoms with E-state index in [1.54, 1.807) is 11.3 Å². The molecule has 1 heterocycles. The summed E-state index contributed by atoms with van der Waals surface area (Å²) in [4.78, 5) is 0. The summed E-state index contributed by atoms with van der Waals surface area (Å²) in [6, 6.07) is 10.5. The van der Waals surface area contributed by atoms with Gasteiger partial charge in [0.05, 0.1) is 0 Å². The van der Waals surface area contributed by atoms with Gasteiger partial charge in [-0.2, -0.15) is 0 Å². The van der Waals surface area contributed by atoms with Crippen LogP contribution in [0.3, 0.4) is 0 Å². The molecular weight excluding hydrogens is 140 g/mol. The molecule has 0 amide bonds. The fraction of sp³-hybridized carbons (Fsp3) is 0.111. The summed E-state index contributed by atoms with van der Waals surface area (Å²) in [6.07, 6.45) is 0. The SMILES string of the molecule is C.c1ccc2sccc2c1. The lowest BCUT2D eigenvalue weighted by atomic mass is 10.3. The molecule has 0 fully saturated rings. The van der Waals surface area contributed by atoms with Crippen LogP contribution in [0.25, 0.3) is 10.1 Å². The predicted octanol–water partition coefficient (Wildman–Crippen LogP) is 3.54. The Balaban J connectivity index is 0.000000500. The second kappa shape index (κ2) is 2.84. The molecule has 0 bridgehead atoms. The average Bonchev–Trinajstić information content (AvgIpc) is 2.33. The van der Waals surface area contributed by atoms with Crippen LogP contribution < -0.4 is 0 Å². The van der Waals surface area contributed by atoms with Gasteiger partial charge in [-0.3, -0.25) is 0 Å². The molecule has 2 rings (SSSR count). The molecule has 0 aliphatic heterocycles. The van der Waals surface area contributed by atoms with Crippen LogP contribution in [-0.4, -0.2) is 0 Å². The van der Waals surface area contributed by atoms with Crippen molar-refractivity contribution in [3.63, 3.8) is 0 Å². The molecule has 2 aromatic rings. The van der Waals surface area contributed by atoms with Crippen LogP contribution in [0.5, 0.6) is 0 Å². The Hall–Kier alpha value is -0.820. The third-order valence-corrected chi connectivity index (χ3v) is 2.26. The maximum absolute atomic E-state index is 2.14. The highest BCUT2D eigenvalue weighted by atomic mass is 32.1. The first-order chi connectivity index (χ1) is 4.47. The lowest BCUT2D eigenvalue weighted by molar-refractivity contribution is 1.86. The molecule has 0 saturated carbocycles. The van der Waals surface area contributed by atoms with Crippen molar-refractivity contribution in [3.8, 4) is 0 Å². The van der Waals surface area contributed by atoms with Gasteiger partial charge in [-0.15, -0.1) is 11.3 Å². The molecule has 0 aliphatic rings. The molecule has 10 heavy (non-hydrogen) atoms. The summed E-state index contributed by atoms with van der Waals surface area (Å²) in [5.74, 6) is 0. The van der Waals surface area contributed by atoms with Crippen molar-refractivity contribution in [2.24, 2.45) is 0 Å². The van der Waals surface area contributed by atoms with Gasteiger partial charge in [0.1, 0.15) is 0 Å². The molecule has 0 N–H and O–H groups in total. The van der Waals surface area contributed by atoms with Crippen LogP contribution in [0.4, 0.5) is 0 Å². The van der Waals surface area contributed by atoms with Gasteiger partial charge in [0, 0.05) is 4.70 Å². The topological polar surface area (TPSA) is 0 Å². The molecule has 1 aromatic carbocycles. The summed E-state index contributed by atoms with van der Waals surface area (Å²) >= 11 is 1.79. The van der Waals surface area contributed by atoms with Crippen molar-refractivity contribution in [1.29, 1.82) is 0 Å². The van der Waals surface area contributed by atoms with E-state index in [2.05, 4.69) is 35.7 Å². The highest BCUT2D eigenvalue weighted by Gasteiger charge is 1.87.